The van der Waals surface area contributed by atoms with Crippen LogP contribution in [0.4, 0.5) is 5.69 Å². The molecule has 0 amide bonds. The Bertz CT molecular complexity index is 828. The first kappa shape index (κ1) is 21.9. The molecule has 0 radical (unpaired) electrons. The summed E-state index contributed by atoms with van der Waals surface area (Å²) in [5, 5.41) is 9.87. The Hall–Kier alpha value is -1.40. The van der Waals surface area contributed by atoms with Crippen molar-refractivity contribution in [1.29, 1.82) is 5.26 Å². The Morgan fingerprint density at radius 2 is 1.44 bits per heavy atom. The summed E-state index contributed by atoms with van der Waals surface area (Å²) in [7, 11) is 0. The minimum Gasteiger partial charge on any atom is -0.192 e. The lowest BCUT2D eigenvalue weighted by Gasteiger charge is -2.27. The van der Waals surface area contributed by atoms with Gasteiger partial charge in [-0.25, -0.2) is 0 Å². The molecule has 0 unspecified atom stereocenters. The van der Waals surface area contributed by atoms with Crippen LogP contribution in [0.3, 0.4) is 0 Å². The summed E-state index contributed by atoms with van der Waals surface area (Å²) in [5.41, 5.74) is 4.19. The number of benzene rings is 1. The SMILES string of the molecule is CC1(C)CCC(C)(C)C1=S=Nc1c(C#N)cc(C(C)(C)C)cc1C(C)(C)C. The van der Waals surface area contributed by atoms with Gasteiger partial charge in [-0.2, -0.15) is 9.62 Å². The van der Waals surface area contributed by atoms with Crippen molar-refractivity contribution in [2.75, 3.05) is 0 Å². The summed E-state index contributed by atoms with van der Waals surface area (Å²) in [6, 6.07) is 6.71. The molecule has 1 fully saturated rings. The highest BCUT2D eigenvalue weighted by atomic mass is 32.1. The van der Waals surface area contributed by atoms with Gasteiger partial charge in [0.15, 0.2) is 0 Å². The maximum absolute atomic E-state index is 9.87. The van der Waals surface area contributed by atoms with E-state index < -0.39 is 0 Å². The van der Waals surface area contributed by atoms with Crippen LogP contribution >= 0.6 is 0 Å². The van der Waals surface area contributed by atoms with Gasteiger partial charge in [-0.05, 0) is 62.8 Å². The molecule has 3 heteroatoms. The van der Waals surface area contributed by atoms with Gasteiger partial charge in [0.25, 0.3) is 0 Å². The topological polar surface area (TPSA) is 36.1 Å². The van der Waals surface area contributed by atoms with E-state index in [1.54, 1.807) is 11.1 Å². The molecule has 1 aromatic rings. The predicted molar refractivity (Wildman–Crippen MR) is 120 cm³/mol. The van der Waals surface area contributed by atoms with Crippen LogP contribution in [0.15, 0.2) is 16.5 Å². The second-order valence-corrected chi connectivity index (χ2v) is 12.1. The van der Waals surface area contributed by atoms with Crippen molar-refractivity contribution in [2.45, 2.75) is 92.9 Å². The molecule has 0 spiro atoms. The first-order valence-corrected chi connectivity index (χ1v) is 10.7. The van der Waals surface area contributed by atoms with E-state index in [9.17, 15) is 5.26 Å². The zero-order chi connectivity index (χ0) is 20.8. The molecule has 0 heterocycles. The van der Waals surface area contributed by atoms with Crippen molar-refractivity contribution >= 4 is 21.7 Å². The van der Waals surface area contributed by atoms with E-state index in [1.807, 2.05) is 6.07 Å². The lowest BCUT2D eigenvalue weighted by atomic mass is 9.78. The second-order valence-electron chi connectivity index (χ2n) is 11.3. The number of rotatable bonds is 1. The Balaban J connectivity index is 2.81. The minimum absolute atomic E-state index is 0.00145. The third kappa shape index (κ3) is 4.54. The summed E-state index contributed by atoms with van der Waals surface area (Å²) < 4.78 is 5.00. The molecule has 0 saturated heterocycles. The first-order valence-electron chi connectivity index (χ1n) is 9.95. The Morgan fingerprint density at radius 3 is 1.85 bits per heavy atom. The number of hydrogen-bond acceptors (Lipinski definition) is 2. The highest BCUT2D eigenvalue weighted by Crippen LogP contribution is 2.46. The maximum Gasteiger partial charge on any atom is 0.101 e. The van der Waals surface area contributed by atoms with Gasteiger partial charge in [-0.3, -0.25) is 0 Å². The Kier molecular flexibility index (Phi) is 5.59. The molecular formula is C24H36N2S. The van der Waals surface area contributed by atoms with Crippen LogP contribution in [-0.2, 0) is 22.0 Å². The molecule has 0 aliphatic heterocycles. The summed E-state index contributed by atoms with van der Waals surface area (Å²) >= 11 is 1.61. The summed E-state index contributed by atoms with van der Waals surface area (Å²) in [4.78, 5) is 1.43. The third-order valence-electron chi connectivity index (χ3n) is 5.74. The van der Waals surface area contributed by atoms with E-state index in [4.69, 9.17) is 4.36 Å². The molecule has 1 aliphatic carbocycles. The van der Waals surface area contributed by atoms with E-state index in [1.165, 1.54) is 23.3 Å². The molecule has 0 N–H and O–H groups in total. The summed E-state index contributed by atoms with van der Waals surface area (Å²) in [5.74, 6) is 0. The summed E-state index contributed by atoms with van der Waals surface area (Å²) in [6.07, 6.45) is 2.39. The van der Waals surface area contributed by atoms with Gasteiger partial charge in [0.1, 0.15) is 6.07 Å². The van der Waals surface area contributed by atoms with Gasteiger partial charge in [0.05, 0.1) is 11.3 Å². The molecule has 0 bridgehead atoms. The average molecular weight is 385 g/mol. The Labute approximate surface area is 170 Å². The second kappa shape index (κ2) is 6.89. The largest absolute Gasteiger partial charge is 0.192 e. The molecule has 0 atom stereocenters. The van der Waals surface area contributed by atoms with Crippen molar-refractivity contribution < 1.29 is 0 Å². The smallest absolute Gasteiger partial charge is 0.101 e. The van der Waals surface area contributed by atoms with Crippen LogP contribution in [-0.4, -0.2) is 4.86 Å². The first-order chi connectivity index (χ1) is 12.1. The van der Waals surface area contributed by atoms with E-state index in [-0.39, 0.29) is 21.7 Å². The van der Waals surface area contributed by atoms with Crippen molar-refractivity contribution in [3.8, 4) is 6.07 Å². The zero-order valence-corrected chi connectivity index (χ0v) is 19.7. The normalized spacial score (nSPS) is 18.9. The fraction of sp³-hybridized carbons (Fsp3) is 0.667. The van der Waals surface area contributed by atoms with E-state index in [0.29, 0.717) is 5.56 Å². The summed E-state index contributed by atoms with van der Waals surface area (Å²) in [6.45, 7) is 22.5. The van der Waals surface area contributed by atoms with Gasteiger partial charge in [0, 0.05) is 4.86 Å². The average Bonchev–Trinajstić information content (AvgIpc) is 2.71. The molecule has 1 saturated carbocycles. The van der Waals surface area contributed by atoms with Crippen molar-refractivity contribution in [2.24, 2.45) is 15.2 Å². The molecule has 27 heavy (non-hydrogen) atoms. The lowest BCUT2D eigenvalue weighted by Crippen LogP contribution is -2.27. The van der Waals surface area contributed by atoms with Gasteiger partial charge in [0.2, 0.25) is 0 Å². The van der Waals surface area contributed by atoms with Crippen LogP contribution in [0.2, 0.25) is 0 Å². The monoisotopic (exact) mass is 384 g/mol. The fourth-order valence-corrected chi connectivity index (χ4v) is 5.01. The molecule has 148 valence electrons. The minimum atomic E-state index is -0.0718. The maximum atomic E-state index is 9.87. The van der Waals surface area contributed by atoms with E-state index in [2.05, 4.69) is 81.4 Å². The van der Waals surface area contributed by atoms with Gasteiger partial charge >= 0.3 is 0 Å². The quantitative estimate of drug-likeness (QED) is 0.477. The van der Waals surface area contributed by atoms with Crippen LogP contribution < -0.4 is 0 Å². The van der Waals surface area contributed by atoms with Crippen molar-refractivity contribution in [3.05, 3.63) is 28.8 Å². The third-order valence-corrected chi connectivity index (χ3v) is 7.30. The highest BCUT2D eigenvalue weighted by Gasteiger charge is 2.42. The van der Waals surface area contributed by atoms with E-state index in [0.717, 1.165) is 11.3 Å². The molecule has 1 aliphatic rings. The van der Waals surface area contributed by atoms with Gasteiger partial charge in [-0.15, -0.1) is 0 Å². The molecule has 1 aromatic carbocycles. The van der Waals surface area contributed by atoms with Crippen LogP contribution in [0, 0.1) is 22.2 Å². The fourth-order valence-electron chi connectivity index (χ4n) is 3.93. The van der Waals surface area contributed by atoms with Gasteiger partial charge in [-0.1, -0.05) is 75.3 Å². The van der Waals surface area contributed by atoms with Gasteiger partial charge < -0.3 is 0 Å². The highest BCUT2D eigenvalue weighted by molar-refractivity contribution is 7.69. The van der Waals surface area contributed by atoms with E-state index >= 15 is 0 Å². The Morgan fingerprint density at radius 1 is 0.926 bits per heavy atom. The number of nitriles is 1. The van der Waals surface area contributed by atoms with Crippen LogP contribution in [0.1, 0.15) is 98.8 Å². The number of nitrogens with zero attached hydrogens (tertiary/aromatic N) is 2. The van der Waals surface area contributed by atoms with Crippen LogP contribution in [0.25, 0.3) is 0 Å². The van der Waals surface area contributed by atoms with Crippen molar-refractivity contribution in [1.82, 2.24) is 0 Å². The molecule has 2 rings (SSSR count). The number of hydrogen-bond donors (Lipinski definition) is 0. The lowest BCUT2D eigenvalue weighted by molar-refractivity contribution is 0.476. The molecular weight excluding hydrogens is 348 g/mol. The van der Waals surface area contributed by atoms with Crippen LogP contribution in [0.5, 0.6) is 0 Å². The molecule has 2 nitrogen and oxygen atoms in total. The zero-order valence-electron chi connectivity index (χ0n) is 18.9. The standard InChI is InChI=1S/C24H36N2S/c1-21(2,3)17-13-16(15-25)19(18(14-17)22(4,5)6)26-27-20-23(7,8)11-12-24(20,9)10/h13-14H,11-12H2,1-10H3. The molecule has 0 aromatic heterocycles. The predicted octanol–water partition coefficient (Wildman–Crippen LogP) is 7.07. The van der Waals surface area contributed by atoms with Crippen molar-refractivity contribution in [3.63, 3.8) is 0 Å².